The number of ether oxygens (including phenoxy) is 1. The molecular formula is C17H19N5O2. The van der Waals surface area contributed by atoms with Gasteiger partial charge in [0, 0.05) is 19.5 Å². The van der Waals surface area contributed by atoms with Crippen LogP contribution >= 0.6 is 0 Å². The summed E-state index contributed by atoms with van der Waals surface area (Å²) in [6, 6.07) is 7.96. The second-order valence-electron chi connectivity index (χ2n) is 6.02. The van der Waals surface area contributed by atoms with Crippen LogP contribution in [0, 0.1) is 6.92 Å². The highest BCUT2D eigenvalue weighted by Gasteiger charge is 2.30. The second-order valence-corrected chi connectivity index (χ2v) is 6.02. The van der Waals surface area contributed by atoms with E-state index in [4.69, 9.17) is 4.74 Å². The van der Waals surface area contributed by atoms with Crippen LogP contribution in [0.5, 0.6) is 5.88 Å². The lowest BCUT2D eigenvalue weighted by atomic mass is 10.1. The maximum absolute atomic E-state index is 12.9. The van der Waals surface area contributed by atoms with Crippen LogP contribution in [0.25, 0.3) is 10.9 Å². The number of hydrogen-bond acceptors (Lipinski definition) is 4. The Labute approximate surface area is 139 Å². The molecule has 1 aliphatic heterocycles. The summed E-state index contributed by atoms with van der Waals surface area (Å²) in [6.07, 6.45) is 0.259. The van der Waals surface area contributed by atoms with Crippen molar-refractivity contribution in [2.75, 3.05) is 18.1 Å². The van der Waals surface area contributed by atoms with Crippen molar-refractivity contribution in [2.45, 2.75) is 13.3 Å². The zero-order chi connectivity index (χ0) is 16.8. The van der Waals surface area contributed by atoms with Gasteiger partial charge in [-0.25, -0.2) is 4.68 Å². The summed E-state index contributed by atoms with van der Waals surface area (Å²) in [5.74, 6) is 0.664. The van der Waals surface area contributed by atoms with Crippen molar-refractivity contribution < 1.29 is 9.53 Å². The fourth-order valence-corrected chi connectivity index (χ4v) is 3.35. The molecular weight excluding hydrogens is 306 g/mol. The molecule has 0 radical (unpaired) electrons. The van der Waals surface area contributed by atoms with E-state index in [0.29, 0.717) is 19.0 Å². The number of nitrogens with zero attached hydrogens (tertiary/aromatic N) is 5. The van der Waals surface area contributed by atoms with Crippen molar-refractivity contribution >= 4 is 22.5 Å². The number of carbonyl (C=O) groups is 1. The molecule has 124 valence electrons. The van der Waals surface area contributed by atoms with Gasteiger partial charge in [-0.15, -0.1) is 0 Å². The van der Waals surface area contributed by atoms with Gasteiger partial charge in [0.15, 0.2) is 0 Å². The highest BCUT2D eigenvalue weighted by atomic mass is 16.5. The topological polar surface area (TPSA) is 65.2 Å². The number of benzene rings is 1. The molecule has 0 atom stereocenters. The zero-order valence-corrected chi connectivity index (χ0v) is 14.0. The van der Waals surface area contributed by atoms with Gasteiger partial charge in [-0.2, -0.15) is 10.2 Å². The van der Waals surface area contributed by atoms with Crippen LogP contribution in [0.2, 0.25) is 0 Å². The predicted octanol–water partition coefficient (Wildman–Crippen LogP) is 1.58. The Morgan fingerprint density at radius 3 is 2.83 bits per heavy atom. The van der Waals surface area contributed by atoms with E-state index in [9.17, 15) is 4.79 Å². The Morgan fingerprint density at radius 2 is 2.00 bits per heavy atom. The number of rotatable bonds is 2. The average molecular weight is 325 g/mol. The van der Waals surface area contributed by atoms with Crippen LogP contribution < -0.4 is 9.64 Å². The summed E-state index contributed by atoms with van der Waals surface area (Å²) in [5, 5.41) is 9.91. The monoisotopic (exact) mass is 325 g/mol. The summed E-state index contributed by atoms with van der Waals surface area (Å²) >= 11 is 0. The van der Waals surface area contributed by atoms with Crippen molar-refractivity contribution in [1.82, 2.24) is 19.6 Å². The Balaban J connectivity index is 1.68. The molecule has 1 amide bonds. The van der Waals surface area contributed by atoms with Crippen LogP contribution in [0.4, 0.5) is 5.69 Å². The van der Waals surface area contributed by atoms with E-state index < -0.39 is 0 Å². The quantitative estimate of drug-likeness (QED) is 0.717. The van der Waals surface area contributed by atoms with Crippen LogP contribution in [-0.4, -0.2) is 38.6 Å². The molecule has 7 nitrogen and oxygen atoms in total. The number of hydrogen-bond donors (Lipinski definition) is 0. The Hall–Kier alpha value is -2.83. The number of anilines is 1. The number of carbonyl (C=O) groups excluding carboxylic acids is 1. The predicted molar refractivity (Wildman–Crippen MR) is 90.2 cm³/mol. The summed E-state index contributed by atoms with van der Waals surface area (Å²) in [5.41, 5.74) is 3.40. The lowest BCUT2D eigenvalue weighted by Crippen LogP contribution is -2.39. The fourth-order valence-electron chi connectivity index (χ4n) is 3.35. The highest BCUT2D eigenvalue weighted by molar-refractivity contribution is 5.98. The first-order chi connectivity index (χ1) is 11.6. The molecule has 0 unspecified atom stereocenters. The summed E-state index contributed by atoms with van der Waals surface area (Å²) in [4.78, 5) is 14.7. The molecule has 3 aromatic rings. The third-order valence-electron chi connectivity index (χ3n) is 4.42. The Bertz CT molecular complexity index is 940. The van der Waals surface area contributed by atoms with Gasteiger partial charge in [-0.05, 0) is 13.0 Å². The third-order valence-corrected chi connectivity index (χ3v) is 4.42. The van der Waals surface area contributed by atoms with Crippen LogP contribution in [0.1, 0.15) is 11.4 Å². The van der Waals surface area contributed by atoms with Crippen molar-refractivity contribution in [2.24, 2.45) is 14.1 Å². The summed E-state index contributed by atoms with van der Waals surface area (Å²) in [6.45, 7) is 2.90. The van der Waals surface area contributed by atoms with E-state index in [2.05, 4.69) is 10.2 Å². The highest BCUT2D eigenvalue weighted by Crippen LogP contribution is 2.34. The van der Waals surface area contributed by atoms with Crippen LogP contribution in [-0.2, 0) is 25.3 Å². The van der Waals surface area contributed by atoms with Crippen molar-refractivity contribution in [3.8, 4) is 5.88 Å². The summed E-state index contributed by atoms with van der Waals surface area (Å²) < 4.78 is 9.17. The molecule has 1 aromatic carbocycles. The SMILES string of the molecule is Cc1nn(C)c2c1N(C(=O)Cc1nn(C)c3ccccc13)CCO2. The van der Waals surface area contributed by atoms with E-state index in [1.54, 1.807) is 9.58 Å². The van der Waals surface area contributed by atoms with Gasteiger partial charge in [0.25, 0.3) is 0 Å². The maximum Gasteiger partial charge on any atom is 0.236 e. The molecule has 3 heterocycles. The normalized spacial score (nSPS) is 13.9. The first-order valence-electron chi connectivity index (χ1n) is 7.93. The third kappa shape index (κ3) is 2.16. The number of para-hydroxylation sites is 1. The van der Waals surface area contributed by atoms with E-state index >= 15 is 0 Å². The molecule has 2 aromatic heterocycles. The second kappa shape index (κ2) is 5.36. The standard InChI is InChI=1S/C17H19N5O2/c1-11-16-17(21(3)18-11)24-9-8-22(16)15(23)10-13-12-6-4-5-7-14(12)20(2)19-13/h4-7H,8-10H2,1-3H3. The molecule has 0 saturated heterocycles. The van der Waals surface area contributed by atoms with Crippen LogP contribution in [0.15, 0.2) is 24.3 Å². The molecule has 0 saturated carbocycles. The minimum absolute atomic E-state index is 0.0134. The number of aromatic nitrogens is 4. The fraction of sp³-hybridized carbons (Fsp3) is 0.353. The van der Waals surface area contributed by atoms with Gasteiger partial charge in [-0.1, -0.05) is 18.2 Å². The molecule has 0 fully saturated rings. The van der Waals surface area contributed by atoms with Gasteiger partial charge < -0.3 is 9.64 Å². The Morgan fingerprint density at radius 1 is 1.21 bits per heavy atom. The smallest absolute Gasteiger partial charge is 0.236 e. The molecule has 24 heavy (non-hydrogen) atoms. The molecule has 4 rings (SSSR count). The molecule has 0 bridgehead atoms. The van der Waals surface area contributed by atoms with E-state index in [1.807, 2.05) is 50.0 Å². The molecule has 7 heteroatoms. The minimum atomic E-state index is 0.0134. The summed E-state index contributed by atoms with van der Waals surface area (Å²) in [7, 11) is 3.72. The van der Waals surface area contributed by atoms with Crippen molar-refractivity contribution in [3.05, 3.63) is 35.7 Å². The van der Waals surface area contributed by atoms with Crippen molar-refractivity contribution in [3.63, 3.8) is 0 Å². The molecule has 0 spiro atoms. The minimum Gasteiger partial charge on any atom is -0.474 e. The maximum atomic E-state index is 12.9. The first-order valence-corrected chi connectivity index (χ1v) is 7.93. The van der Waals surface area contributed by atoms with Crippen molar-refractivity contribution in [1.29, 1.82) is 0 Å². The van der Waals surface area contributed by atoms with E-state index in [0.717, 1.165) is 28.0 Å². The largest absolute Gasteiger partial charge is 0.474 e. The van der Waals surface area contributed by atoms with E-state index in [1.165, 1.54) is 0 Å². The Kier molecular flexibility index (Phi) is 3.30. The molecule has 0 N–H and O–H groups in total. The van der Waals surface area contributed by atoms with Gasteiger partial charge in [0.05, 0.1) is 29.9 Å². The zero-order valence-electron chi connectivity index (χ0n) is 14.0. The molecule has 1 aliphatic rings. The van der Waals surface area contributed by atoms with Gasteiger partial charge in [-0.3, -0.25) is 9.48 Å². The van der Waals surface area contributed by atoms with Crippen LogP contribution in [0.3, 0.4) is 0 Å². The van der Waals surface area contributed by atoms with E-state index in [-0.39, 0.29) is 12.3 Å². The van der Waals surface area contributed by atoms with Gasteiger partial charge >= 0.3 is 0 Å². The van der Waals surface area contributed by atoms with Gasteiger partial charge in [0.2, 0.25) is 11.8 Å². The lowest BCUT2D eigenvalue weighted by Gasteiger charge is -2.27. The first kappa shape index (κ1) is 14.7. The number of amides is 1. The average Bonchev–Trinajstić information content (AvgIpc) is 3.05. The van der Waals surface area contributed by atoms with Gasteiger partial charge in [0.1, 0.15) is 12.3 Å². The lowest BCUT2D eigenvalue weighted by molar-refractivity contribution is -0.118. The number of aryl methyl sites for hydroxylation is 3. The number of fused-ring (bicyclic) bond motifs is 2. The molecule has 0 aliphatic carbocycles.